The van der Waals surface area contributed by atoms with Gasteiger partial charge in [0.2, 0.25) is 0 Å². The second-order valence-corrected chi connectivity index (χ2v) is 6.03. The van der Waals surface area contributed by atoms with Crippen LogP contribution in [0.1, 0.15) is 0 Å². The van der Waals surface area contributed by atoms with Gasteiger partial charge in [-0.3, -0.25) is 4.98 Å². The summed E-state index contributed by atoms with van der Waals surface area (Å²) < 4.78 is 28.3. The SMILES string of the molecule is C=CCOc1ccc(S(=O)(=O)Cl)c2cccnc12. The average molecular weight is 284 g/mol. The second kappa shape index (κ2) is 4.96. The Morgan fingerprint density at radius 2 is 2.17 bits per heavy atom. The number of halogens is 1. The Balaban J connectivity index is 2.70. The van der Waals surface area contributed by atoms with Crippen LogP contribution in [-0.2, 0) is 9.05 Å². The lowest BCUT2D eigenvalue weighted by Gasteiger charge is -2.08. The summed E-state index contributed by atoms with van der Waals surface area (Å²) in [4.78, 5) is 4.15. The van der Waals surface area contributed by atoms with Gasteiger partial charge in [-0.2, -0.15) is 0 Å². The molecule has 0 atom stereocenters. The largest absolute Gasteiger partial charge is 0.487 e. The molecule has 1 aromatic heterocycles. The van der Waals surface area contributed by atoms with E-state index in [0.717, 1.165) is 0 Å². The highest BCUT2D eigenvalue weighted by molar-refractivity contribution is 8.14. The van der Waals surface area contributed by atoms with E-state index in [9.17, 15) is 8.42 Å². The van der Waals surface area contributed by atoms with Crippen LogP contribution in [0, 0.1) is 0 Å². The summed E-state index contributed by atoms with van der Waals surface area (Å²) in [6, 6.07) is 6.22. The fourth-order valence-electron chi connectivity index (χ4n) is 1.60. The molecule has 0 aliphatic heterocycles. The molecule has 0 aliphatic rings. The molecular weight excluding hydrogens is 274 g/mol. The number of aromatic nitrogens is 1. The Hall–Kier alpha value is -1.59. The van der Waals surface area contributed by atoms with Gasteiger partial charge in [-0.05, 0) is 24.3 Å². The van der Waals surface area contributed by atoms with E-state index in [0.29, 0.717) is 23.3 Å². The van der Waals surface area contributed by atoms with Crippen molar-refractivity contribution in [3.63, 3.8) is 0 Å². The molecule has 18 heavy (non-hydrogen) atoms. The minimum atomic E-state index is -3.81. The predicted molar refractivity (Wildman–Crippen MR) is 70.5 cm³/mol. The standard InChI is InChI=1S/C12H10ClNO3S/c1-2-8-17-10-5-6-11(18(13,15)16)9-4-3-7-14-12(9)10/h2-7H,1,8H2. The molecule has 0 amide bonds. The van der Waals surface area contributed by atoms with Crippen LogP contribution in [0.5, 0.6) is 5.75 Å². The van der Waals surface area contributed by atoms with Gasteiger partial charge in [-0.1, -0.05) is 12.7 Å². The van der Waals surface area contributed by atoms with Gasteiger partial charge in [-0.15, -0.1) is 0 Å². The smallest absolute Gasteiger partial charge is 0.261 e. The summed E-state index contributed by atoms with van der Waals surface area (Å²) in [5, 5.41) is 0.439. The first-order chi connectivity index (χ1) is 8.54. The molecule has 1 aromatic carbocycles. The van der Waals surface area contributed by atoms with E-state index >= 15 is 0 Å². The molecular formula is C12H10ClNO3S. The van der Waals surface area contributed by atoms with Crippen molar-refractivity contribution in [2.24, 2.45) is 0 Å². The summed E-state index contributed by atoms with van der Waals surface area (Å²) in [6.07, 6.45) is 3.16. The fraction of sp³-hybridized carbons (Fsp3) is 0.0833. The number of benzene rings is 1. The maximum Gasteiger partial charge on any atom is 0.261 e. The van der Waals surface area contributed by atoms with Crippen molar-refractivity contribution in [2.75, 3.05) is 6.61 Å². The van der Waals surface area contributed by atoms with Gasteiger partial charge in [0.15, 0.2) is 0 Å². The van der Waals surface area contributed by atoms with Crippen molar-refractivity contribution in [1.29, 1.82) is 0 Å². The van der Waals surface area contributed by atoms with Crippen molar-refractivity contribution in [1.82, 2.24) is 4.98 Å². The highest BCUT2D eigenvalue weighted by atomic mass is 35.7. The van der Waals surface area contributed by atoms with Crippen LogP contribution >= 0.6 is 10.7 Å². The van der Waals surface area contributed by atoms with Crippen LogP contribution in [0.3, 0.4) is 0 Å². The monoisotopic (exact) mass is 283 g/mol. The zero-order valence-electron chi connectivity index (χ0n) is 9.34. The molecule has 4 nitrogen and oxygen atoms in total. The van der Waals surface area contributed by atoms with Crippen LogP contribution in [0.15, 0.2) is 48.0 Å². The molecule has 0 aliphatic carbocycles. The highest BCUT2D eigenvalue weighted by Gasteiger charge is 2.16. The Morgan fingerprint density at radius 1 is 1.39 bits per heavy atom. The van der Waals surface area contributed by atoms with Crippen LogP contribution in [0.2, 0.25) is 0 Å². The van der Waals surface area contributed by atoms with Crippen LogP contribution < -0.4 is 4.74 Å². The van der Waals surface area contributed by atoms with Crippen LogP contribution in [0.25, 0.3) is 10.9 Å². The zero-order valence-corrected chi connectivity index (χ0v) is 10.9. The molecule has 0 saturated heterocycles. The number of rotatable bonds is 4. The lowest BCUT2D eigenvalue weighted by atomic mass is 10.2. The Morgan fingerprint density at radius 3 is 2.83 bits per heavy atom. The number of nitrogens with zero attached hydrogens (tertiary/aromatic N) is 1. The summed E-state index contributed by atoms with van der Waals surface area (Å²) >= 11 is 0. The number of fused-ring (bicyclic) bond motifs is 1. The van der Waals surface area contributed by atoms with E-state index in [1.807, 2.05) is 0 Å². The van der Waals surface area contributed by atoms with Crippen molar-refractivity contribution in [2.45, 2.75) is 4.90 Å². The van der Waals surface area contributed by atoms with Crippen molar-refractivity contribution < 1.29 is 13.2 Å². The quantitative estimate of drug-likeness (QED) is 0.639. The summed E-state index contributed by atoms with van der Waals surface area (Å²) in [7, 11) is 1.57. The molecule has 0 radical (unpaired) electrons. The van der Waals surface area contributed by atoms with Gasteiger partial charge >= 0.3 is 0 Å². The first-order valence-corrected chi connectivity index (χ1v) is 7.41. The first kappa shape index (κ1) is 12.9. The molecule has 6 heteroatoms. The van der Waals surface area contributed by atoms with E-state index in [1.165, 1.54) is 12.1 Å². The highest BCUT2D eigenvalue weighted by Crippen LogP contribution is 2.30. The molecule has 0 fully saturated rings. The Kier molecular flexibility index (Phi) is 3.54. The number of pyridine rings is 1. The van der Waals surface area contributed by atoms with Crippen molar-refractivity contribution in [3.8, 4) is 5.75 Å². The van der Waals surface area contributed by atoms with E-state index in [1.54, 1.807) is 24.4 Å². The normalized spacial score (nSPS) is 11.4. The molecule has 0 unspecified atom stereocenters. The van der Waals surface area contributed by atoms with E-state index in [4.69, 9.17) is 15.4 Å². The molecule has 1 heterocycles. The molecule has 0 N–H and O–H groups in total. The fourth-order valence-corrected chi connectivity index (χ4v) is 2.66. The van der Waals surface area contributed by atoms with Gasteiger partial charge in [0.1, 0.15) is 17.9 Å². The zero-order chi connectivity index (χ0) is 13.2. The third-order valence-corrected chi connectivity index (χ3v) is 3.69. The Bertz CT molecular complexity index is 698. The van der Waals surface area contributed by atoms with Crippen LogP contribution in [0.4, 0.5) is 0 Å². The second-order valence-electron chi connectivity index (χ2n) is 3.50. The molecule has 0 saturated carbocycles. The van der Waals surface area contributed by atoms with Crippen LogP contribution in [-0.4, -0.2) is 20.0 Å². The average Bonchev–Trinajstić information content (AvgIpc) is 2.34. The predicted octanol–water partition coefficient (Wildman–Crippen LogP) is 2.73. The van der Waals surface area contributed by atoms with Crippen molar-refractivity contribution in [3.05, 3.63) is 43.1 Å². The topological polar surface area (TPSA) is 56.3 Å². The molecule has 0 bridgehead atoms. The van der Waals surface area contributed by atoms with Gasteiger partial charge in [0.05, 0.1) is 4.90 Å². The molecule has 94 valence electrons. The summed E-state index contributed by atoms with van der Waals surface area (Å²) in [5.74, 6) is 0.495. The lowest BCUT2D eigenvalue weighted by molar-refractivity contribution is 0.366. The number of hydrogen-bond acceptors (Lipinski definition) is 4. The van der Waals surface area contributed by atoms with E-state index in [2.05, 4.69) is 11.6 Å². The number of ether oxygens (including phenoxy) is 1. The summed E-state index contributed by atoms with van der Waals surface area (Å²) in [6.45, 7) is 3.87. The van der Waals surface area contributed by atoms with Gasteiger partial charge in [-0.25, -0.2) is 8.42 Å². The maximum absolute atomic E-state index is 11.5. The summed E-state index contributed by atoms with van der Waals surface area (Å²) in [5.41, 5.74) is 0.459. The molecule has 0 spiro atoms. The van der Waals surface area contributed by atoms with Gasteiger partial charge in [0, 0.05) is 22.3 Å². The third kappa shape index (κ3) is 2.47. The molecule has 2 rings (SSSR count). The van der Waals surface area contributed by atoms with E-state index in [-0.39, 0.29) is 4.90 Å². The lowest BCUT2D eigenvalue weighted by Crippen LogP contribution is -1.98. The van der Waals surface area contributed by atoms with Crippen molar-refractivity contribution >= 4 is 30.6 Å². The maximum atomic E-state index is 11.5. The molecule has 2 aromatic rings. The van der Waals surface area contributed by atoms with Gasteiger partial charge in [0.25, 0.3) is 9.05 Å². The third-order valence-electron chi connectivity index (χ3n) is 2.31. The Labute approximate surface area is 109 Å². The van der Waals surface area contributed by atoms with Gasteiger partial charge < -0.3 is 4.74 Å². The van der Waals surface area contributed by atoms with E-state index < -0.39 is 9.05 Å². The first-order valence-electron chi connectivity index (χ1n) is 5.10. The number of hydrogen-bond donors (Lipinski definition) is 0. The minimum absolute atomic E-state index is 0.0261. The minimum Gasteiger partial charge on any atom is -0.487 e.